The second kappa shape index (κ2) is 3.47. The molecule has 0 spiro atoms. The maximum Gasteiger partial charge on any atom is 0.191 e. The van der Waals surface area contributed by atoms with Crippen LogP contribution in [0.4, 0.5) is 0 Å². The van der Waals surface area contributed by atoms with Gasteiger partial charge in [-0.2, -0.15) is 5.10 Å². The molecule has 1 N–H and O–H groups in total. The van der Waals surface area contributed by atoms with Gasteiger partial charge in [-0.05, 0) is 19.1 Å². The van der Waals surface area contributed by atoms with E-state index in [9.17, 15) is 0 Å². The Morgan fingerprint density at radius 2 is 2.38 bits per heavy atom. The predicted molar refractivity (Wildman–Crippen MR) is 54.0 cm³/mol. The fraction of sp³-hybridized carbons (Fsp3) is 0.250. The van der Waals surface area contributed by atoms with Crippen molar-refractivity contribution in [3.8, 4) is 10.7 Å². The molecule has 0 aromatic carbocycles. The quantitative estimate of drug-likeness (QED) is 0.780. The Morgan fingerprint density at radius 3 is 2.92 bits per heavy atom. The van der Waals surface area contributed by atoms with Crippen LogP contribution in [-0.2, 0) is 5.88 Å². The van der Waals surface area contributed by atoms with Crippen molar-refractivity contribution < 1.29 is 0 Å². The number of rotatable bonds is 2. The second-order valence-electron chi connectivity index (χ2n) is 2.65. The first kappa shape index (κ1) is 8.72. The van der Waals surface area contributed by atoms with Crippen LogP contribution in [0.25, 0.3) is 10.7 Å². The molecular formula is C8H8ClN3S. The lowest BCUT2D eigenvalue weighted by atomic mass is 10.4. The number of alkyl halides is 1. The lowest BCUT2D eigenvalue weighted by molar-refractivity contribution is 1.02. The summed E-state index contributed by atoms with van der Waals surface area (Å²) in [6.45, 7) is 2.06. The molecule has 0 saturated carbocycles. The molecule has 0 aliphatic rings. The van der Waals surface area contributed by atoms with Crippen LogP contribution >= 0.6 is 22.9 Å². The van der Waals surface area contributed by atoms with Gasteiger partial charge in [0.1, 0.15) is 5.82 Å². The summed E-state index contributed by atoms with van der Waals surface area (Å²) in [5.41, 5.74) is 0. The van der Waals surface area contributed by atoms with E-state index in [1.807, 2.05) is 6.07 Å². The molecule has 13 heavy (non-hydrogen) atoms. The topological polar surface area (TPSA) is 41.6 Å². The summed E-state index contributed by atoms with van der Waals surface area (Å²) in [6, 6.07) is 4.07. The first-order chi connectivity index (χ1) is 6.29. The summed E-state index contributed by atoms with van der Waals surface area (Å²) in [7, 11) is 0. The summed E-state index contributed by atoms with van der Waals surface area (Å²) in [6.07, 6.45) is 0. The normalized spacial score (nSPS) is 10.6. The molecule has 0 unspecified atom stereocenters. The highest BCUT2D eigenvalue weighted by molar-refractivity contribution is 7.15. The average Bonchev–Trinajstić information content (AvgIpc) is 2.71. The fourth-order valence-corrected chi connectivity index (χ4v) is 1.94. The average molecular weight is 214 g/mol. The first-order valence-corrected chi connectivity index (χ1v) is 5.19. The van der Waals surface area contributed by atoms with Gasteiger partial charge in [-0.3, -0.25) is 5.10 Å². The van der Waals surface area contributed by atoms with Gasteiger partial charge < -0.3 is 0 Å². The number of hydrogen-bond acceptors (Lipinski definition) is 3. The van der Waals surface area contributed by atoms with Crippen LogP contribution in [0, 0.1) is 6.92 Å². The Balaban J connectivity index is 2.35. The maximum atomic E-state index is 5.60. The van der Waals surface area contributed by atoms with Gasteiger partial charge in [-0.15, -0.1) is 22.9 Å². The molecule has 0 radical (unpaired) electrons. The monoisotopic (exact) mass is 213 g/mol. The molecule has 3 nitrogen and oxygen atoms in total. The van der Waals surface area contributed by atoms with Crippen molar-refractivity contribution in [1.29, 1.82) is 0 Å². The zero-order valence-corrected chi connectivity index (χ0v) is 8.61. The van der Waals surface area contributed by atoms with E-state index in [0.29, 0.717) is 11.7 Å². The molecule has 2 rings (SSSR count). The minimum Gasteiger partial charge on any atom is -0.262 e. The van der Waals surface area contributed by atoms with E-state index >= 15 is 0 Å². The molecule has 0 amide bonds. The Morgan fingerprint density at radius 1 is 1.54 bits per heavy atom. The standard InChI is InChI=1S/C8H8ClN3S/c1-5-2-3-6(13-5)8-10-7(4-9)11-12-8/h2-3H,4H2,1H3,(H,10,11,12). The number of H-pyrrole nitrogens is 1. The second-order valence-corrected chi connectivity index (χ2v) is 4.20. The van der Waals surface area contributed by atoms with Crippen molar-refractivity contribution >= 4 is 22.9 Å². The molecular weight excluding hydrogens is 206 g/mol. The Labute approximate surface area is 84.8 Å². The zero-order valence-electron chi connectivity index (χ0n) is 7.04. The van der Waals surface area contributed by atoms with Gasteiger partial charge in [0.05, 0.1) is 10.8 Å². The largest absolute Gasteiger partial charge is 0.262 e. The number of aromatic amines is 1. The summed E-state index contributed by atoms with van der Waals surface area (Å²) >= 11 is 7.28. The van der Waals surface area contributed by atoms with Crippen LogP contribution in [0.5, 0.6) is 0 Å². The molecule has 2 aromatic heterocycles. The Hall–Kier alpha value is -0.870. The van der Waals surface area contributed by atoms with Crippen LogP contribution in [0.1, 0.15) is 10.7 Å². The van der Waals surface area contributed by atoms with Crippen molar-refractivity contribution in [3.05, 3.63) is 22.8 Å². The number of nitrogens with zero attached hydrogens (tertiary/aromatic N) is 2. The lowest BCUT2D eigenvalue weighted by Crippen LogP contribution is -1.78. The van der Waals surface area contributed by atoms with Crippen LogP contribution < -0.4 is 0 Å². The van der Waals surface area contributed by atoms with E-state index in [4.69, 9.17) is 11.6 Å². The molecule has 68 valence electrons. The van der Waals surface area contributed by atoms with Crippen molar-refractivity contribution in [2.75, 3.05) is 0 Å². The van der Waals surface area contributed by atoms with Gasteiger partial charge in [-0.25, -0.2) is 4.98 Å². The number of aryl methyl sites for hydroxylation is 1. The highest BCUT2D eigenvalue weighted by Gasteiger charge is 2.06. The van der Waals surface area contributed by atoms with E-state index in [1.54, 1.807) is 11.3 Å². The summed E-state index contributed by atoms with van der Waals surface area (Å²) in [5, 5.41) is 6.84. The number of aromatic nitrogens is 3. The number of hydrogen-bond donors (Lipinski definition) is 1. The molecule has 2 heterocycles. The lowest BCUT2D eigenvalue weighted by Gasteiger charge is -1.84. The molecule has 0 aliphatic carbocycles. The van der Waals surface area contributed by atoms with Crippen molar-refractivity contribution in [2.45, 2.75) is 12.8 Å². The van der Waals surface area contributed by atoms with Crippen molar-refractivity contribution in [3.63, 3.8) is 0 Å². The van der Waals surface area contributed by atoms with Crippen LogP contribution in [0.15, 0.2) is 12.1 Å². The van der Waals surface area contributed by atoms with Gasteiger partial charge in [0.25, 0.3) is 0 Å². The predicted octanol–water partition coefficient (Wildman–Crippen LogP) is 2.58. The first-order valence-electron chi connectivity index (χ1n) is 3.83. The molecule has 0 atom stereocenters. The molecule has 0 saturated heterocycles. The minimum atomic E-state index is 0.372. The summed E-state index contributed by atoms with van der Waals surface area (Å²) in [4.78, 5) is 6.55. The van der Waals surface area contributed by atoms with Crippen molar-refractivity contribution in [2.24, 2.45) is 0 Å². The summed E-state index contributed by atoms with van der Waals surface area (Å²) in [5.74, 6) is 1.81. The molecule has 0 fully saturated rings. The van der Waals surface area contributed by atoms with E-state index < -0.39 is 0 Å². The van der Waals surface area contributed by atoms with E-state index in [0.717, 1.165) is 10.7 Å². The number of halogens is 1. The molecule has 5 heteroatoms. The third kappa shape index (κ3) is 1.73. The van der Waals surface area contributed by atoms with Gasteiger partial charge in [0.15, 0.2) is 5.82 Å². The maximum absolute atomic E-state index is 5.60. The zero-order chi connectivity index (χ0) is 9.26. The molecule has 0 aliphatic heterocycles. The van der Waals surface area contributed by atoms with E-state index in [2.05, 4.69) is 28.2 Å². The SMILES string of the molecule is Cc1ccc(-c2n[nH]c(CCl)n2)s1. The van der Waals surface area contributed by atoms with Crippen LogP contribution in [-0.4, -0.2) is 15.2 Å². The third-order valence-corrected chi connectivity index (χ3v) is 2.87. The molecule has 0 bridgehead atoms. The Kier molecular flexibility index (Phi) is 2.33. The minimum absolute atomic E-state index is 0.372. The van der Waals surface area contributed by atoms with Gasteiger partial charge in [0, 0.05) is 4.88 Å². The highest BCUT2D eigenvalue weighted by Crippen LogP contribution is 2.24. The highest BCUT2D eigenvalue weighted by atomic mass is 35.5. The summed E-state index contributed by atoms with van der Waals surface area (Å²) < 4.78 is 0. The van der Waals surface area contributed by atoms with Gasteiger partial charge in [-0.1, -0.05) is 0 Å². The van der Waals surface area contributed by atoms with E-state index in [-0.39, 0.29) is 0 Å². The van der Waals surface area contributed by atoms with Crippen LogP contribution in [0.2, 0.25) is 0 Å². The third-order valence-electron chi connectivity index (χ3n) is 1.62. The molecule has 2 aromatic rings. The van der Waals surface area contributed by atoms with Crippen LogP contribution in [0.3, 0.4) is 0 Å². The van der Waals surface area contributed by atoms with Gasteiger partial charge >= 0.3 is 0 Å². The fourth-order valence-electron chi connectivity index (χ4n) is 1.02. The number of thiophene rings is 1. The smallest absolute Gasteiger partial charge is 0.191 e. The Bertz CT molecular complexity index is 407. The van der Waals surface area contributed by atoms with E-state index in [1.165, 1.54) is 4.88 Å². The van der Waals surface area contributed by atoms with Crippen molar-refractivity contribution in [1.82, 2.24) is 15.2 Å². The number of nitrogens with one attached hydrogen (secondary N) is 1. The van der Waals surface area contributed by atoms with Gasteiger partial charge in [0.2, 0.25) is 0 Å².